The Morgan fingerprint density at radius 3 is 2.40 bits per heavy atom. The molecule has 0 spiro atoms. The van der Waals surface area contributed by atoms with Crippen LogP contribution in [0.1, 0.15) is 63.9 Å². The lowest BCUT2D eigenvalue weighted by molar-refractivity contribution is 0.283. The summed E-state index contributed by atoms with van der Waals surface area (Å²) in [5, 5.41) is 3.82. The smallest absolute Gasteiger partial charge is 0.0270 e. The molecule has 2 nitrogen and oxygen atoms in total. The van der Waals surface area contributed by atoms with Crippen molar-refractivity contribution in [2.24, 2.45) is 5.92 Å². The summed E-state index contributed by atoms with van der Waals surface area (Å²) >= 11 is 0. The fraction of sp³-hybridized carbons (Fsp3) is 0.722. The van der Waals surface area contributed by atoms with Gasteiger partial charge in [0.25, 0.3) is 0 Å². The van der Waals surface area contributed by atoms with Crippen LogP contribution < -0.4 is 5.32 Å². The van der Waals surface area contributed by atoms with Gasteiger partial charge in [0.15, 0.2) is 0 Å². The molecule has 1 heterocycles. The maximum Gasteiger partial charge on any atom is 0.0270 e. The third-order valence-electron chi connectivity index (χ3n) is 4.58. The molecule has 1 fully saturated rings. The monoisotopic (exact) mass is 274 g/mol. The van der Waals surface area contributed by atoms with Crippen LogP contribution in [-0.2, 0) is 6.42 Å². The van der Waals surface area contributed by atoms with E-state index in [-0.39, 0.29) is 0 Å². The molecule has 0 radical (unpaired) electrons. The van der Waals surface area contributed by atoms with Crippen molar-refractivity contribution in [3.05, 3.63) is 30.1 Å². The van der Waals surface area contributed by atoms with Crippen molar-refractivity contribution in [1.82, 2.24) is 10.3 Å². The average Bonchev–Trinajstić information content (AvgIpc) is 2.45. The number of hydrogen-bond donors (Lipinski definition) is 1. The topological polar surface area (TPSA) is 24.9 Å². The summed E-state index contributed by atoms with van der Waals surface area (Å²) in [6, 6.07) is 4.99. The summed E-state index contributed by atoms with van der Waals surface area (Å²) in [6.45, 7) is 3.40. The van der Waals surface area contributed by atoms with Crippen LogP contribution in [0.5, 0.6) is 0 Å². The Morgan fingerprint density at radius 2 is 1.75 bits per heavy atom. The molecule has 20 heavy (non-hydrogen) atoms. The molecule has 0 amide bonds. The predicted molar refractivity (Wildman–Crippen MR) is 85.8 cm³/mol. The number of hydrogen-bond acceptors (Lipinski definition) is 2. The van der Waals surface area contributed by atoms with E-state index in [1.54, 1.807) is 0 Å². The molecular weight excluding hydrogens is 244 g/mol. The maximum absolute atomic E-state index is 4.13. The Hall–Kier alpha value is -0.890. The van der Waals surface area contributed by atoms with Crippen LogP contribution in [0, 0.1) is 5.92 Å². The lowest BCUT2D eigenvalue weighted by atomic mass is 9.83. The van der Waals surface area contributed by atoms with Gasteiger partial charge in [-0.1, -0.05) is 39.0 Å². The largest absolute Gasteiger partial charge is 0.313 e. The Balaban J connectivity index is 1.97. The molecule has 0 bridgehead atoms. The van der Waals surface area contributed by atoms with Crippen LogP contribution in [0.4, 0.5) is 0 Å². The second kappa shape index (κ2) is 9.12. The van der Waals surface area contributed by atoms with Gasteiger partial charge < -0.3 is 5.32 Å². The van der Waals surface area contributed by atoms with Gasteiger partial charge in [0.1, 0.15) is 0 Å². The number of aromatic nitrogens is 1. The average molecular weight is 274 g/mol. The van der Waals surface area contributed by atoms with E-state index in [2.05, 4.69) is 29.4 Å². The minimum atomic E-state index is 0.649. The van der Waals surface area contributed by atoms with Gasteiger partial charge in [-0.15, -0.1) is 0 Å². The third kappa shape index (κ3) is 5.24. The fourth-order valence-electron chi connectivity index (χ4n) is 3.40. The van der Waals surface area contributed by atoms with Crippen LogP contribution >= 0.6 is 0 Å². The third-order valence-corrected chi connectivity index (χ3v) is 4.58. The predicted octanol–water partition coefficient (Wildman–Crippen LogP) is 4.35. The van der Waals surface area contributed by atoms with Gasteiger partial charge in [0.05, 0.1) is 0 Å². The standard InChI is InChI=1S/C18H30N2/c1-2-12-20-18(15-16-10-13-19-14-11-16)17-8-6-4-3-5-7-9-17/h10-11,13-14,17-18,20H,2-9,12,15H2,1H3. The first kappa shape index (κ1) is 15.5. The van der Waals surface area contributed by atoms with Crippen LogP contribution in [0.15, 0.2) is 24.5 Å². The normalized spacial score (nSPS) is 19.2. The van der Waals surface area contributed by atoms with E-state index in [4.69, 9.17) is 0 Å². The summed E-state index contributed by atoms with van der Waals surface area (Å²) in [4.78, 5) is 4.13. The molecule has 112 valence electrons. The molecule has 1 aromatic rings. The van der Waals surface area contributed by atoms with E-state index in [1.165, 1.54) is 56.9 Å². The quantitative estimate of drug-likeness (QED) is 0.834. The summed E-state index contributed by atoms with van der Waals surface area (Å²) in [5.74, 6) is 0.856. The lowest BCUT2D eigenvalue weighted by Gasteiger charge is -2.30. The number of rotatable bonds is 6. The molecule has 1 N–H and O–H groups in total. The van der Waals surface area contributed by atoms with Crippen molar-refractivity contribution in [3.8, 4) is 0 Å². The summed E-state index contributed by atoms with van der Waals surface area (Å²) in [5.41, 5.74) is 1.43. The van der Waals surface area contributed by atoms with E-state index in [0.717, 1.165) is 18.9 Å². The molecule has 0 aliphatic heterocycles. The number of pyridine rings is 1. The SMILES string of the molecule is CCCNC(Cc1ccncc1)C1CCCCCCC1. The van der Waals surface area contributed by atoms with Crippen LogP contribution in [-0.4, -0.2) is 17.6 Å². The Bertz CT molecular complexity index is 342. The van der Waals surface area contributed by atoms with Crippen molar-refractivity contribution in [2.45, 2.75) is 70.8 Å². The highest BCUT2D eigenvalue weighted by Gasteiger charge is 2.21. The zero-order valence-corrected chi connectivity index (χ0v) is 13.0. The second-order valence-corrected chi connectivity index (χ2v) is 6.23. The van der Waals surface area contributed by atoms with Gasteiger partial charge in [-0.3, -0.25) is 4.98 Å². The van der Waals surface area contributed by atoms with Crippen molar-refractivity contribution in [3.63, 3.8) is 0 Å². The van der Waals surface area contributed by atoms with Crippen molar-refractivity contribution in [1.29, 1.82) is 0 Å². The molecule has 0 aromatic carbocycles. The van der Waals surface area contributed by atoms with Crippen molar-refractivity contribution >= 4 is 0 Å². The lowest BCUT2D eigenvalue weighted by Crippen LogP contribution is -2.39. The molecule has 2 rings (SSSR count). The van der Waals surface area contributed by atoms with Gasteiger partial charge in [-0.05, 0) is 55.8 Å². The van der Waals surface area contributed by atoms with Gasteiger partial charge in [-0.2, -0.15) is 0 Å². The summed E-state index contributed by atoms with van der Waals surface area (Å²) < 4.78 is 0. The number of nitrogens with one attached hydrogen (secondary N) is 1. The molecule has 1 aliphatic rings. The highest BCUT2D eigenvalue weighted by atomic mass is 14.9. The minimum absolute atomic E-state index is 0.649. The zero-order valence-electron chi connectivity index (χ0n) is 13.0. The van der Waals surface area contributed by atoms with Gasteiger partial charge in [-0.25, -0.2) is 0 Å². The van der Waals surface area contributed by atoms with Gasteiger partial charge in [0, 0.05) is 18.4 Å². The molecule has 1 unspecified atom stereocenters. The van der Waals surface area contributed by atoms with E-state index in [1.807, 2.05) is 12.4 Å². The molecule has 1 aliphatic carbocycles. The Labute approximate surface area is 124 Å². The van der Waals surface area contributed by atoms with E-state index in [0.29, 0.717) is 6.04 Å². The van der Waals surface area contributed by atoms with Gasteiger partial charge in [0.2, 0.25) is 0 Å². The number of nitrogens with zero attached hydrogens (tertiary/aromatic N) is 1. The highest BCUT2D eigenvalue weighted by molar-refractivity contribution is 5.11. The minimum Gasteiger partial charge on any atom is -0.313 e. The van der Waals surface area contributed by atoms with Crippen molar-refractivity contribution in [2.75, 3.05) is 6.54 Å². The zero-order chi connectivity index (χ0) is 14.0. The Kier molecular flexibility index (Phi) is 7.07. The molecule has 0 saturated heterocycles. The van der Waals surface area contributed by atoms with E-state index < -0.39 is 0 Å². The van der Waals surface area contributed by atoms with E-state index >= 15 is 0 Å². The van der Waals surface area contributed by atoms with Crippen LogP contribution in [0.25, 0.3) is 0 Å². The first-order valence-electron chi connectivity index (χ1n) is 8.52. The molecule has 2 heteroatoms. The second-order valence-electron chi connectivity index (χ2n) is 6.23. The highest BCUT2D eigenvalue weighted by Crippen LogP contribution is 2.26. The summed E-state index contributed by atoms with van der Waals surface area (Å²) in [6.07, 6.45) is 16.2. The van der Waals surface area contributed by atoms with E-state index in [9.17, 15) is 0 Å². The molecule has 1 saturated carbocycles. The Morgan fingerprint density at radius 1 is 1.10 bits per heavy atom. The molecule has 1 aromatic heterocycles. The summed E-state index contributed by atoms with van der Waals surface area (Å²) in [7, 11) is 0. The molecule has 1 atom stereocenters. The fourth-order valence-corrected chi connectivity index (χ4v) is 3.40. The molecular formula is C18H30N2. The van der Waals surface area contributed by atoms with Crippen molar-refractivity contribution < 1.29 is 0 Å². The van der Waals surface area contributed by atoms with Crippen LogP contribution in [0.2, 0.25) is 0 Å². The van der Waals surface area contributed by atoms with Gasteiger partial charge >= 0.3 is 0 Å². The van der Waals surface area contributed by atoms with Crippen LogP contribution in [0.3, 0.4) is 0 Å². The first-order chi connectivity index (χ1) is 9.90. The first-order valence-corrected chi connectivity index (χ1v) is 8.52. The maximum atomic E-state index is 4.13.